The van der Waals surface area contributed by atoms with E-state index < -0.39 is 88.3 Å². The third-order valence-corrected chi connectivity index (χ3v) is 10.9. The van der Waals surface area contributed by atoms with E-state index in [1.165, 1.54) is 0 Å². The van der Waals surface area contributed by atoms with E-state index in [9.17, 15) is 41.7 Å². The SMILES string of the molecule is C#CCOC(=O)OC(C)(CCS(=O)(=O)O)C(=O)[C@H](CC(C)C)NC(=O)[C@H](Cc1ccccc1)NC(=O)[C@H](CC(C)C)NC(=O)[C@H](CCc1ccccc1)NC(=O)CN1CCOCC1. The minimum absolute atomic E-state index is 0.00549. The maximum absolute atomic E-state index is 14.4. The van der Waals surface area contributed by atoms with E-state index in [4.69, 9.17) is 20.6 Å². The second kappa shape index (κ2) is 25.7. The topological polar surface area (TPSA) is 236 Å². The summed E-state index contributed by atoms with van der Waals surface area (Å²) < 4.78 is 48.6. The van der Waals surface area contributed by atoms with Crippen molar-refractivity contribution in [3.63, 3.8) is 0 Å². The van der Waals surface area contributed by atoms with Crippen molar-refractivity contribution < 1.29 is 55.9 Å². The lowest BCUT2D eigenvalue weighted by Gasteiger charge is -2.33. The van der Waals surface area contributed by atoms with E-state index in [0.717, 1.165) is 12.5 Å². The number of hydrogen-bond donors (Lipinski definition) is 5. The first-order valence-electron chi connectivity index (χ1n) is 21.2. The normalized spacial score (nSPS) is 16.0. The molecule has 4 amide bonds. The lowest BCUT2D eigenvalue weighted by Crippen LogP contribution is -2.60. The molecule has 0 spiro atoms. The van der Waals surface area contributed by atoms with Gasteiger partial charge in [-0.25, -0.2) is 4.79 Å². The Morgan fingerprint density at radius 1 is 0.794 bits per heavy atom. The van der Waals surface area contributed by atoms with Crippen LogP contribution in [0.25, 0.3) is 0 Å². The van der Waals surface area contributed by atoms with Gasteiger partial charge < -0.3 is 35.5 Å². The van der Waals surface area contributed by atoms with Crippen LogP contribution in [0.2, 0.25) is 0 Å². The van der Waals surface area contributed by atoms with Crippen LogP contribution in [-0.4, -0.2) is 128 Å². The average molecular weight is 898 g/mol. The maximum atomic E-state index is 14.4. The molecule has 2 aromatic rings. The van der Waals surface area contributed by atoms with Gasteiger partial charge in [0.25, 0.3) is 10.1 Å². The number of benzene rings is 2. The number of carbonyl (C=O) groups excluding carboxylic acids is 6. The van der Waals surface area contributed by atoms with Crippen LogP contribution in [0.1, 0.15) is 71.4 Å². The average Bonchev–Trinajstić information content (AvgIpc) is 3.23. The number of nitrogens with one attached hydrogen (secondary N) is 4. The van der Waals surface area contributed by atoms with Gasteiger partial charge in [0.15, 0.2) is 18.0 Å². The molecule has 0 radical (unpaired) electrons. The number of Topliss-reactive ketones (excluding diaryl/α,β-unsaturated/α-hetero) is 1. The number of nitrogens with zero attached hydrogens (tertiary/aromatic N) is 1. The molecule has 5 N–H and O–H groups in total. The second-order valence-corrected chi connectivity index (χ2v) is 18.2. The molecular weight excluding hydrogens is 835 g/mol. The molecule has 1 aliphatic heterocycles. The first kappa shape index (κ1) is 52.0. The van der Waals surface area contributed by atoms with Gasteiger partial charge in [0, 0.05) is 25.9 Å². The van der Waals surface area contributed by atoms with Crippen molar-refractivity contribution in [1.29, 1.82) is 0 Å². The highest BCUT2D eigenvalue weighted by atomic mass is 32.2. The molecule has 0 aromatic heterocycles. The summed E-state index contributed by atoms with van der Waals surface area (Å²) in [6.45, 7) is 10.1. The molecule has 17 nitrogen and oxygen atoms in total. The highest BCUT2D eigenvalue weighted by Gasteiger charge is 2.44. The Bertz CT molecular complexity index is 1970. The van der Waals surface area contributed by atoms with Crippen molar-refractivity contribution in [3.8, 4) is 12.3 Å². The smallest absolute Gasteiger partial charge is 0.421 e. The number of morpholine rings is 1. The molecule has 0 saturated carbocycles. The molecule has 346 valence electrons. The van der Waals surface area contributed by atoms with E-state index in [1.807, 2.05) is 49.1 Å². The molecule has 2 aromatic carbocycles. The van der Waals surface area contributed by atoms with Gasteiger partial charge in [-0.3, -0.25) is 33.4 Å². The van der Waals surface area contributed by atoms with Crippen LogP contribution in [0, 0.1) is 24.2 Å². The first-order chi connectivity index (χ1) is 29.8. The van der Waals surface area contributed by atoms with E-state index in [0.29, 0.717) is 38.3 Å². The van der Waals surface area contributed by atoms with Gasteiger partial charge >= 0.3 is 6.16 Å². The van der Waals surface area contributed by atoms with Crippen molar-refractivity contribution in [3.05, 3.63) is 71.8 Å². The Kier molecular flexibility index (Phi) is 21.2. The molecule has 1 aliphatic rings. The molecule has 0 bridgehead atoms. The summed E-state index contributed by atoms with van der Waals surface area (Å²) in [6.07, 6.45) is 3.91. The van der Waals surface area contributed by atoms with Crippen molar-refractivity contribution in [2.45, 2.75) is 103 Å². The number of carbonyl (C=O) groups is 6. The minimum atomic E-state index is -4.64. The van der Waals surface area contributed by atoms with Crippen LogP contribution in [0.15, 0.2) is 60.7 Å². The van der Waals surface area contributed by atoms with Crippen LogP contribution in [0.4, 0.5) is 4.79 Å². The van der Waals surface area contributed by atoms with Gasteiger partial charge in [-0.2, -0.15) is 8.42 Å². The minimum Gasteiger partial charge on any atom is -0.421 e. The molecule has 63 heavy (non-hydrogen) atoms. The third-order valence-electron chi connectivity index (χ3n) is 10.2. The van der Waals surface area contributed by atoms with Gasteiger partial charge in [0.1, 0.15) is 18.1 Å². The summed E-state index contributed by atoms with van der Waals surface area (Å²) in [6, 6.07) is 13.4. The Balaban J connectivity index is 1.92. The maximum Gasteiger partial charge on any atom is 0.510 e. The molecule has 1 unspecified atom stereocenters. The highest BCUT2D eigenvalue weighted by Crippen LogP contribution is 2.24. The zero-order valence-corrected chi connectivity index (χ0v) is 37.6. The van der Waals surface area contributed by atoms with Crippen molar-refractivity contribution in [2.24, 2.45) is 11.8 Å². The van der Waals surface area contributed by atoms with Crippen LogP contribution in [0.3, 0.4) is 0 Å². The highest BCUT2D eigenvalue weighted by molar-refractivity contribution is 7.85. The lowest BCUT2D eigenvalue weighted by molar-refractivity contribution is -0.143. The molecule has 18 heteroatoms. The van der Waals surface area contributed by atoms with Crippen molar-refractivity contribution >= 4 is 45.7 Å². The monoisotopic (exact) mass is 897 g/mol. The zero-order chi connectivity index (χ0) is 46.6. The number of hydrogen-bond acceptors (Lipinski definition) is 12. The molecule has 1 heterocycles. The van der Waals surface area contributed by atoms with Crippen molar-refractivity contribution in [1.82, 2.24) is 26.2 Å². The van der Waals surface area contributed by atoms with Crippen molar-refractivity contribution in [2.75, 3.05) is 45.2 Å². The van der Waals surface area contributed by atoms with E-state index >= 15 is 0 Å². The Hall–Kier alpha value is -5.35. The standard InChI is InChI=1S/C45H63N5O12S/c1-7-23-61-44(56)62-45(6,20-26-63(57,58)59)40(52)36(27-31(2)3)47-43(55)38(29-34-16-12-9-13-17-34)49-42(54)37(28-32(4)5)48-41(53)35(19-18-33-14-10-8-11-15-33)46-39(51)30-50-21-24-60-25-22-50/h1,8-17,31-32,35-38H,18-30H2,2-6H3,(H,46,51)(H,47,55)(H,48,53)(H,49,54)(H,57,58,59)/t35-,36-,37-,38-,45?/m0/s1. The van der Waals surface area contributed by atoms with Gasteiger partial charge in [0.2, 0.25) is 23.6 Å². The van der Waals surface area contributed by atoms with Crippen LogP contribution >= 0.6 is 0 Å². The number of terminal acetylenes is 1. The fraction of sp³-hybridized carbons (Fsp3) is 0.556. The summed E-state index contributed by atoms with van der Waals surface area (Å²) in [7, 11) is -4.64. The molecule has 0 aliphatic carbocycles. The van der Waals surface area contributed by atoms with E-state index in [1.54, 1.807) is 44.2 Å². The Labute approximate surface area is 370 Å². The fourth-order valence-corrected chi connectivity index (χ4v) is 7.59. The predicted octanol–water partition coefficient (Wildman–Crippen LogP) is 2.62. The summed E-state index contributed by atoms with van der Waals surface area (Å²) in [5, 5.41) is 11.2. The van der Waals surface area contributed by atoms with E-state index in [-0.39, 0.29) is 50.0 Å². The first-order valence-corrected chi connectivity index (χ1v) is 22.8. The van der Waals surface area contributed by atoms with Crippen LogP contribution in [0.5, 0.6) is 0 Å². The number of rotatable bonds is 25. The molecule has 5 atom stereocenters. The number of aryl methyl sites for hydroxylation is 1. The second-order valence-electron chi connectivity index (χ2n) is 16.6. The zero-order valence-electron chi connectivity index (χ0n) is 36.8. The summed E-state index contributed by atoms with van der Waals surface area (Å²) in [4.78, 5) is 84.8. The molecular formula is C45H63N5O12S. The number of amides is 4. The summed E-state index contributed by atoms with van der Waals surface area (Å²) in [5.74, 6) is -2.59. The van der Waals surface area contributed by atoms with E-state index in [2.05, 4.69) is 27.2 Å². The quantitative estimate of drug-likeness (QED) is 0.0549. The number of ether oxygens (including phenoxy) is 3. The van der Waals surface area contributed by atoms with Crippen LogP contribution in [-0.2, 0) is 61.1 Å². The lowest BCUT2D eigenvalue weighted by atomic mass is 9.87. The van der Waals surface area contributed by atoms with Gasteiger partial charge in [-0.1, -0.05) is 94.3 Å². The third kappa shape index (κ3) is 19.3. The largest absolute Gasteiger partial charge is 0.510 e. The molecule has 3 rings (SSSR count). The summed E-state index contributed by atoms with van der Waals surface area (Å²) in [5.41, 5.74) is -0.628. The van der Waals surface area contributed by atoms with Gasteiger partial charge in [-0.15, -0.1) is 6.42 Å². The fourth-order valence-electron chi connectivity index (χ4n) is 6.94. The number of ketones is 1. The Morgan fingerprint density at radius 2 is 1.32 bits per heavy atom. The molecule has 1 fully saturated rings. The van der Waals surface area contributed by atoms with Gasteiger partial charge in [-0.05, 0) is 55.6 Å². The summed E-state index contributed by atoms with van der Waals surface area (Å²) >= 11 is 0. The Morgan fingerprint density at radius 3 is 1.89 bits per heavy atom. The molecule has 1 saturated heterocycles. The van der Waals surface area contributed by atoms with Gasteiger partial charge in [0.05, 0.1) is 31.6 Å². The van der Waals surface area contributed by atoms with Crippen LogP contribution < -0.4 is 21.3 Å². The predicted molar refractivity (Wildman–Crippen MR) is 235 cm³/mol.